The minimum atomic E-state index is -4.68. The summed E-state index contributed by atoms with van der Waals surface area (Å²) in [6.45, 7) is 0. The van der Waals surface area contributed by atoms with Crippen molar-refractivity contribution in [3.8, 4) is 5.75 Å². The summed E-state index contributed by atoms with van der Waals surface area (Å²) in [6.07, 6.45) is -4.68. The Hall–Kier alpha value is -3.43. The van der Waals surface area contributed by atoms with Crippen molar-refractivity contribution in [2.24, 2.45) is 0 Å². The molecule has 0 saturated carbocycles. The van der Waals surface area contributed by atoms with Gasteiger partial charge in [-0.25, -0.2) is 4.90 Å². The number of halogens is 4. The number of nitrogens with one attached hydrogen (secondary N) is 1. The summed E-state index contributed by atoms with van der Waals surface area (Å²) in [6, 6.07) is 17.9. The molecule has 1 aliphatic rings. The average Bonchev–Trinajstić information content (AvgIpc) is 3.04. The molecule has 0 fully saturated rings. The minimum absolute atomic E-state index is 0.0282. The van der Waals surface area contributed by atoms with Crippen LogP contribution < -0.4 is 15.0 Å². The Morgan fingerprint density at radius 2 is 1.62 bits per heavy atom. The number of hydrogen-bond acceptors (Lipinski definition) is 5. The van der Waals surface area contributed by atoms with Gasteiger partial charge < -0.3 is 10.1 Å². The van der Waals surface area contributed by atoms with Gasteiger partial charge in [0, 0.05) is 10.6 Å². The molecule has 174 valence electrons. The van der Waals surface area contributed by atoms with Crippen molar-refractivity contribution < 1.29 is 27.5 Å². The number of hydrogen-bond donors (Lipinski definition) is 1. The van der Waals surface area contributed by atoms with E-state index in [2.05, 4.69) is 5.32 Å². The van der Waals surface area contributed by atoms with Crippen molar-refractivity contribution >= 4 is 46.6 Å². The Morgan fingerprint density at radius 1 is 0.941 bits per heavy atom. The zero-order chi connectivity index (χ0) is 24.5. The lowest BCUT2D eigenvalue weighted by Gasteiger charge is -2.18. The summed E-state index contributed by atoms with van der Waals surface area (Å²) in [5.41, 5.74) is -0.955. The van der Waals surface area contributed by atoms with Gasteiger partial charge in [0.25, 0.3) is 11.8 Å². The van der Waals surface area contributed by atoms with Gasteiger partial charge in [-0.3, -0.25) is 9.59 Å². The Kier molecular flexibility index (Phi) is 6.58. The van der Waals surface area contributed by atoms with Gasteiger partial charge in [-0.15, -0.1) is 0 Å². The highest BCUT2D eigenvalue weighted by Gasteiger charge is 2.42. The molecule has 5 nitrogen and oxygen atoms in total. The number of anilines is 2. The van der Waals surface area contributed by atoms with E-state index in [1.54, 1.807) is 54.6 Å². The Bertz CT molecular complexity index is 1280. The molecule has 0 aromatic heterocycles. The normalized spacial score (nSPS) is 14.1. The first-order valence-electron chi connectivity index (χ1n) is 9.83. The van der Waals surface area contributed by atoms with Crippen molar-refractivity contribution in [1.29, 1.82) is 0 Å². The molecule has 3 aromatic rings. The van der Waals surface area contributed by atoms with Crippen molar-refractivity contribution in [2.45, 2.75) is 11.1 Å². The first kappa shape index (κ1) is 23.7. The fourth-order valence-electron chi connectivity index (χ4n) is 3.22. The molecule has 10 heteroatoms. The molecule has 0 bridgehead atoms. The van der Waals surface area contributed by atoms with Crippen LogP contribution in [0.25, 0.3) is 0 Å². The maximum atomic E-state index is 13.4. The molecule has 0 atom stereocenters. The highest BCUT2D eigenvalue weighted by Crippen LogP contribution is 2.41. The molecule has 1 N–H and O–H groups in total. The van der Waals surface area contributed by atoms with Gasteiger partial charge in [-0.1, -0.05) is 41.6 Å². The number of carbonyl (C=O) groups is 2. The van der Waals surface area contributed by atoms with Crippen molar-refractivity contribution in [3.05, 3.63) is 94.0 Å². The number of nitrogens with zero attached hydrogens (tertiary/aromatic N) is 1. The van der Waals surface area contributed by atoms with Crippen LogP contribution in [0.5, 0.6) is 5.75 Å². The van der Waals surface area contributed by atoms with Crippen molar-refractivity contribution in [1.82, 2.24) is 0 Å². The summed E-state index contributed by atoms with van der Waals surface area (Å²) in [7, 11) is 1.51. The van der Waals surface area contributed by atoms with E-state index in [0.717, 1.165) is 23.9 Å². The standard InChI is InChI=1S/C24H16ClF3N2O3S/c1-33-16-10-8-15(9-11-16)29-20-21(34-17-5-3-2-4-6-17)23(32)30(22(20)31)19-13-14(24(26,27)28)7-12-18(19)25/h2-13,29H,1H3. The van der Waals surface area contributed by atoms with Gasteiger partial charge in [0.05, 0.1) is 23.4 Å². The third-order valence-electron chi connectivity index (χ3n) is 4.88. The van der Waals surface area contributed by atoms with Crippen LogP contribution in [0, 0.1) is 0 Å². The van der Waals surface area contributed by atoms with Gasteiger partial charge in [0.2, 0.25) is 0 Å². The lowest BCUT2D eigenvalue weighted by Crippen LogP contribution is -2.33. The number of methoxy groups -OCH3 is 1. The van der Waals surface area contributed by atoms with Gasteiger partial charge in [-0.05, 0) is 54.6 Å². The smallest absolute Gasteiger partial charge is 0.416 e. The van der Waals surface area contributed by atoms with E-state index in [4.69, 9.17) is 16.3 Å². The maximum Gasteiger partial charge on any atom is 0.416 e. The highest BCUT2D eigenvalue weighted by molar-refractivity contribution is 8.04. The molecule has 3 aromatic carbocycles. The van der Waals surface area contributed by atoms with E-state index in [9.17, 15) is 22.8 Å². The number of carbonyl (C=O) groups excluding carboxylic acids is 2. The lowest BCUT2D eigenvalue weighted by molar-refractivity contribution is -0.137. The zero-order valence-electron chi connectivity index (χ0n) is 17.5. The van der Waals surface area contributed by atoms with E-state index in [-0.39, 0.29) is 21.3 Å². The Morgan fingerprint density at radius 3 is 2.24 bits per heavy atom. The van der Waals surface area contributed by atoms with Crippen LogP contribution in [0.3, 0.4) is 0 Å². The van der Waals surface area contributed by atoms with Crippen LogP contribution in [0.4, 0.5) is 24.5 Å². The number of rotatable bonds is 6. The van der Waals surface area contributed by atoms with E-state index in [1.165, 1.54) is 7.11 Å². The summed E-state index contributed by atoms with van der Waals surface area (Å²) >= 11 is 7.16. The summed E-state index contributed by atoms with van der Waals surface area (Å²) in [4.78, 5) is 28.1. The second-order valence-electron chi connectivity index (χ2n) is 7.08. The zero-order valence-corrected chi connectivity index (χ0v) is 19.1. The molecule has 0 radical (unpaired) electrons. The van der Waals surface area contributed by atoms with Crippen LogP contribution in [0.2, 0.25) is 5.02 Å². The summed E-state index contributed by atoms with van der Waals surface area (Å²) in [5.74, 6) is -1.01. The summed E-state index contributed by atoms with van der Waals surface area (Å²) < 4.78 is 45.0. The predicted molar refractivity (Wildman–Crippen MR) is 125 cm³/mol. The van der Waals surface area contributed by atoms with Crippen molar-refractivity contribution in [3.63, 3.8) is 0 Å². The second-order valence-corrected chi connectivity index (χ2v) is 8.57. The largest absolute Gasteiger partial charge is 0.497 e. The Labute approximate surface area is 202 Å². The predicted octanol–water partition coefficient (Wildman–Crippen LogP) is 6.36. The molecular formula is C24H16ClF3N2O3S. The number of ether oxygens (including phenoxy) is 1. The molecule has 0 spiro atoms. The molecule has 34 heavy (non-hydrogen) atoms. The topological polar surface area (TPSA) is 58.6 Å². The third kappa shape index (κ3) is 4.76. The third-order valence-corrected chi connectivity index (χ3v) is 6.29. The maximum absolute atomic E-state index is 13.4. The second kappa shape index (κ2) is 9.44. The SMILES string of the molecule is COc1ccc(NC2=C(Sc3ccccc3)C(=O)N(c3cc(C(F)(F)F)ccc3Cl)C2=O)cc1. The molecular weight excluding hydrogens is 489 g/mol. The van der Waals surface area contributed by atoms with Crippen LogP contribution >= 0.6 is 23.4 Å². The van der Waals surface area contributed by atoms with E-state index < -0.39 is 23.6 Å². The molecule has 1 heterocycles. The first-order valence-corrected chi connectivity index (χ1v) is 11.0. The van der Waals surface area contributed by atoms with E-state index in [0.29, 0.717) is 27.3 Å². The quantitative estimate of drug-likeness (QED) is 0.396. The molecule has 2 amide bonds. The minimum Gasteiger partial charge on any atom is -0.497 e. The molecule has 0 aliphatic carbocycles. The van der Waals surface area contributed by atoms with Gasteiger partial charge in [0.15, 0.2) is 0 Å². The number of thioether (sulfide) groups is 1. The summed E-state index contributed by atoms with van der Waals surface area (Å²) in [5, 5.41) is 2.77. The average molecular weight is 505 g/mol. The Balaban J connectivity index is 1.77. The monoisotopic (exact) mass is 504 g/mol. The number of benzene rings is 3. The lowest BCUT2D eigenvalue weighted by atomic mass is 10.2. The van der Waals surface area contributed by atoms with Crippen LogP contribution in [0.15, 0.2) is 88.3 Å². The first-order chi connectivity index (χ1) is 16.2. The number of amides is 2. The molecule has 0 saturated heterocycles. The van der Waals surface area contributed by atoms with Gasteiger partial charge in [0.1, 0.15) is 16.4 Å². The van der Waals surface area contributed by atoms with Crippen LogP contribution in [-0.4, -0.2) is 18.9 Å². The highest BCUT2D eigenvalue weighted by atomic mass is 35.5. The van der Waals surface area contributed by atoms with Gasteiger partial charge in [-0.2, -0.15) is 13.2 Å². The fraction of sp³-hybridized carbons (Fsp3) is 0.0833. The molecule has 1 aliphatic heterocycles. The number of alkyl halides is 3. The van der Waals surface area contributed by atoms with E-state index >= 15 is 0 Å². The molecule has 0 unspecified atom stereocenters. The fourth-order valence-corrected chi connectivity index (χ4v) is 4.37. The number of imide groups is 1. The van der Waals surface area contributed by atoms with Crippen LogP contribution in [0.1, 0.15) is 5.56 Å². The van der Waals surface area contributed by atoms with Crippen LogP contribution in [-0.2, 0) is 15.8 Å². The van der Waals surface area contributed by atoms with E-state index in [1.807, 2.05) is 0 Å². The molecule has 4 rings (SSSR count). The van der Waals surface area contributed by atoms with Crippen molar-refractivity contribution in [2.75, 3.05) is 17.3 Å². The van der Waals surface area contributed by atoms with Gasteiger partial charge >= 0.3 is 6.18 Å².